The largest absolute Gasteiger partial charge is 0.416 e. The van der Waals surface area contributed by atoms with Crippen molar-refractivity contribution in [3.63, 3.8) is 0 Å². The number of anilines is 1. The topological polar surface area (TPSA) is 86.9 Å². The fourth-order valence-electron chi connectivity index (χ4n) is 2.61. The zero-order chi connectivity index (χ0) is 21.0. The summed E-state index contributed by atoms with van der Waals surface area (Å²) >= 11 is 0. The minimum Gasteiger partial charge on any atom is -0.329 e. The van der Waals surface area contributed by atoms with E-state index in [4.69, 9.17) is 0 Å². The van der Waals surface area contributed by atoms with Crippen molar-refractivity contribution in [1.82, 2.24) is 15.3 Å². The molecule has 0 aliphatic rings. The maximum Gasteiger partial charge on any atom is 0.416 e. The quantitative estimate of drug-likeness (QED) is 0.576. The molecule has 6 nitrogen and oxygen atoms in total. The number of pyridine rings is 2. The fraction of sp³-hybridized carbons (Fsp3) is 0.105. The summed E-state index contributed by atoms with van der Waals surface area (Å²) in [5.41, 5.74) is -1.13. The molecule has 2 heterocycles. The van der Waals surface area contributed by atoms with E-state index in [1.165, 1.54) is 24.5 Å². The molecule has 0 fully saturated rings. The van der Waals surface area contributed by atoms with Gasteiger partial charge in [-0.1, -0.05) is 12.1 Å². The van der Waals surface area contributed by atoms with E-state index < -0.39 is 35.2 Å². The van der Waals surface area contributed by atoms with Crippen LogP contribution in [0.25, 0.3) is 0 Å². The predicted molar refractivity (Wildman–Crippen MR) is 96.7 cm³/mol. The molecule has 3 aromatic rings. The molecule has 0 aliphatic heterocycles. The lowest BCUT2D eigenvalue weighted by Gasteiger charge is -2.20. The minimum atomic E-state index is -4.53. The highest BCUT2D eigenvalue weighted by atomic mass is 19.4. The second-order valence-corrected chi connectivity index (χ2v) is 5.96. The van der Waals surface area contributed by atoms with Gasteiger partial charge in [-0.3, -0.25) is 9.78 Å². The first-order chi connectivity index (χ1) is 13.7. The third-order valence-electron chi connectivity index (χ3n) is 3.94. The van der Waals surface area contributed by atoms with Gasteiger partial charge in [0.25, 0.3) is 0 Å². The molecule has 150 valence electrons. The number of amides is 2. The molecular weight excluding hydrogens is 392 g/mol. The number of nitrogens with zero attached hydrogens (tertiary/aromatic N) is 1. The Morgan fingerprint density at radius 1 is 1.10 bits per heavy atom. The number of nitrogens with one attached hydrogen (secondary N) is 3. The van der Waals surface area contributed by atoms with Crippen LogP contribution in [0.3, 0.4) is 0 Å². The Morgan fingerprint density at radius 3 is 2.45 bits per heavy atom. The fourth-order valence-corrected chi connectivity index (χ4v) is 2.61. The molecule has 0 spiro atoms. The van der Waals surface area contributed by atoms with Gasteiger partial charge in [0.1, 0.15) is 17.6 Å². The number of aromatic nitrogens is 2. The first kappa shape index (κ1) is 20.1. The number of halogens is 4. The molecule has 2 amide bonds. The van der Waals surface area contributed by atoms with Gasteiger partial charge in [-0.2, -0.15) is 13.2 Å². The normalized spacial score (nSPS) is 12.3. The molecular formula is C19H14F4N4O2. The van der Waals surface area contributed by atoms with Crippen molar-refractivity contribution in [3.8, 4) is 0 Å². The zero-order valence-electron chi connectivity index (χ0n) is 14.6. The number of alkyl halides is 3. The van der Waals surface area contributed by atoms with Crippen molar-refractivity contribution >= 4 is 11.7 Å². The number of H-pyrrole nitrogens is 1. The number of carbonyl (C=O) groups excluding carboxylic acids is 1. The van der Waals surface area contributed by atoms with Gasteiger partial charge in [-0.05, 0) is 35.9 Å². The summed E-state index contributed by atoms with van der Waals surface area (Å²) in [7, 11) is 0. The number of benzene rings is 1. The Hall–Kier alpha value is -3.69. The lowest BCUT2D eigenvalue weighted by atomic mass is 10.0. The van der Waals surface area contributed by atoms with E-state index >= 15 is 0 Å². The summed E-state index contributed by atoms with van der Waals surface area (Å²) in [5, 5.41) is 4.88. The molecule has 29 heavy (non-hydrogen) atoms. The van der Waals surface area contributed by atoms with Crippen molar-refractivity contribution in [3.05, 3.63) is 93.9 Å². The molecule has 0 unspecified atom stereocenters. The maximum atomic E-state index is 14.3. The molecule has 1 aromatic carbocycles. The smallest absolute Gasteiger partial charge is 0.329 e. The highest BCUT2D eigenvalue weighted by Gasteiger charge is 2.31. The number of aromatic amines is 1. The van der Waals surface area contributed by atoms with Crippen LogP contribution in [0.2, 0.25) is 0 Å². The van der Waals surface area contributed by atoms with Crippen molar-refractivity contribution in [2.45, 2.75) is 12.2 Å². The highest BCUT2D eigenvalue weighted by Crippen LogP contribution is 2.31. The van der Waals surface area contributed by atoms with E-state index in [1.807, 2.05) is 0 Å². The molecule has 0 aliphatic carbocycles. The summed E-state index contributed by atoms with van der Waals surface area (Å²) in [6, 6.07) is 6.99. The van der Waals surface area contributed by atoms with Crippen LogP contribution in [0.5, 0.6) is 0 Å². The van der Waals surface area contributed by atoms with Crippen LogP contribution in [0.15, 0.2) is 65.7 Å². The average molecular weight is 406 g/mol. The van der Waals surface area contributed by atoms with Gasteiger partial charge >= 0.3 is 12.2 Å². The first-order valence-electron chi connectivity index (χ1n) is 8.28. The third-order valence-corrected chi connectivity index (χ3v) is 3.94. The third kappa shape index (κ3) is 4.98. The molecule has 0 saturated carbocycles. The Bertz CT molecular complexity index is 1060. The van der Waals surface area contributed by atoms with Crippen LogP contribution in [-0.4, -0.2) is 16.0 Å². The maximum absolute atomic E-state index is 14.3. The molecule has 2 aromatic heterocycles. The minimum absolute atomic E-state index is 0.173. The number of hydrogen-bond donors (Lipinski definition) is 3. The van der Waals surface area contributed by atoms with Gasteiger partial charge in [0.05, 0.1) is 5.56 Å². The van der Waals surface area contributed by atoms with Gasteiger partial charge in [0, 0.05) is 24.1 Å². The van der Waals surface area contributed by atoms with E-state index in [1.54, 1.807) is 0 Å². The molecule has 0 bridgehead atoms. The molecule has 3 rings (SSSR count). The first-order valence-corrected chi connectivity index (χ1v) is 8.28. The van der Waals surface area contributed by atoms with E-state index in [0.717, 1.165) is 36.4 Å². The van der Waals surface area contributed by atoms with Crippen LogP contribution in [0.4, 0.5) is 28.0 Å². The molecule has 10 heteroatoms. The standard InChI is InChI=1S/C19H14F4N4O2/c20-14-2-1-8-25-17(14)16(11-3-5-12(6-4-11)19(21,22)23)27-18(29)26-13-7-9-24-15(28)10-13/h1-10,16H,(H3,24,26,27,28,29)/t16-/m0/s1. The Labute approximate surface area is 161 Å². The second kappa shape index (κ2) is 8.13. The van der Waals surface area contributed by atoms with E-state index in [9.17, 15) is 27.2 Å². The highest BCUT2D eigenvalue weighted by molar-refractivity contribution is 5.89. The summed E-state index contributed by atoms with van der Waals surface area (Å²) < 4.78 is 52.7. The molecule has 0 saturated heterocycles. The molecule has 1 atom stereocenters. The Balaban J connectivity index is 1.90. The van der Waals surface area contributed by atoms with Crippen molar-refractivity contribution in [1.29, 1.82) is 0 Å². The number of rotatable bonds is 4. The van der Waals surface area contributed by atoms with Gasteiger partial charge in [-0.25, -0.2) is 9.18 Å². The Morgan fingerprint density at radius 2 is 1.83 bits per heavy atom. The Kier molecular flexibility index (Phi) is 5.62. The average Bonchev–Trinajstić information content (AvgIpc) is 2.66. The molecule has 3 N–H and O–H groups in total. The zero-order valence-corrected chi connectivity index (χ0v) is 14.6. The number of carbonyl (C=O) groups is 1. The summed E-state index contributed by atoms with van der Waals surface area (Å²) in [6.45, 7) is 0. The molecule has 0 radical (unpaired) electrons. The number of urea groups is 1. The second-order valence-electron chi connectivity index (χ2n) is 5.96. The van der Waals surface area contributed by atoms with Crippen molar-refractivity contribution < 1.29 is 22.4 Å². The number of hydrogen-bond acceptors (Lipinski definition) is 3. The lowest BCUT2D eigenvalue weighted by molar-refractivity contribution is -0.137. The van der Waals surface area contributed by atoms with Crippen LogP contribution < -0.4 is 16.2 Å². The van der Waals surface area contributed by atoms with E-state index in [0.29, 0.717) is 0 Å². The van der Waals surface area contributed by atoms with Gasteiger partial charge in [0.2, 0.25) is 5.56 Å². The van der Waals surface area contributed by atoms with Crippen molar-refractivity contribution in [2.75, 3.05) is 5.32 Å². The summed E-state index contributed by atoms with van der Waals surface area (Å²) in [5.74, 6) is -0.742. The van der Waals surface area contributed by atoms with Crippen LogP contribution in [0, 0.1) is 5.82 Å². The van der Waals surface area contributed by atoms with Crippen LogP contribution in [0.1, 0.15) is 22.9 Å². The predicted octanol–water partition coefficient (Wildman–Crippen LogP) is 3.84. The summed E-state index contributed by atoms with van der Waals surface area (Å²) in [4.78, 5) is 30.0. The monoisotopic (exact) mass is 406 g/mol. The van der Waals surface area contributed by atoms with E-state index in [2.05, 4.69) is 20.6 Å². The van der Waals surface area contributed by atoms with Crippen LogP contribution in [-0.2, 0) is 6.18 Å². The van der Waals surface area contributed by atoms with Gasteiger partial charge in [0.15, 0.2) is 0 Å². The van der Waals surface area contributed by atoms with E-state index in [-0.39, 0.29) is 16.9 Å². The van der Waals surface area contributed by atoms with Crippen LogP contribution >= 0.6 is 0 Å². The SMILES string of the molecule is O=C(Nc1cc[nH]c(=O)c1)N[C@@H](c1ccc(C(F)(F)F)cc1)c1ncccc1F. The van der Waals surface area contributed by atoms with Gasteiger partial charge in [-0.15, -0.1) is 0 Å². The van der Waals surface area contributed by atoms with Crippen molar-refractivity contribution in [2.24, 2.45) is 0 Å². The van der Waals surface area contributed by atoms with Gasteiger partial charge < -0.3 is 15.6 Å². The summed E-state index contributed by atoms with van der Waals surface area (Å²) in [6.07, 6.45) is -1.91. The lowest BCUT2D eigenvalue weighted by Crippen LogP contribution is -2.34.